The number of hydrogen-bond acceptors (Lipinski definition) is 5. The molecule has 6 nitrogen and oxygen atoms in total. The van der Waals surface area contributed by atoms with Crippen LogP contribution in [0.3, 0.4) is 0 Å². The summed E-state index contributed by atoms with van der Waals surface area (Å²) in [5, 5.41) is 3.94. The molecule has 0 aliphatic carbocycles. The highest BCUT2D eigenvalue weighted by Gasteiger charge is 2.10. The van der Waals surface area contributed by atoms with E-state index in [2.05, 4.69) is 15.3 Å². The lowest BCUT2D eigenvalue weighted by molar-refractivity contribution is 0.483. The number of benzene rings is 2. The van der Waals surface area contributed by atoms with Gasteiger partial charge in [-0.3, -0.25) is 4.55 Å². The number of hydrogen-bond donors (Lipinski definition) is 2. The molecule has 0 aliphatic rings. The van der Waals surface area contributed by atoms with Crippen LogP contribution in [0.15, 0.2) is 53.4 Å². The highest BCUT2D eigenvalue weighted by atomic mass is 35.5. The fraction of sp³-hybridized carbons (Fsp3) is 0. The normalized spacial score (nSPS) is 11.5. The molecular weight excluding hydrogens is 326 g/mol. The fourth-order valence-electron chi connectivity index (χ4n) is 1.99. The second-order valence-electron chi connectivity index (χ2n) is 4.48. The first-order valence-corrected chi connectivity index (χ1v) is 8.02. The van der Waals surface area contributed by atoms with E-state index in [4.69, 9.17) is 16.2 Å². The summed E-state index contributed by atoms with van der Waals surface area (Å²) >= 11 is 5.90. The van der Waals surface area contributed by atoms with Crippen LogP contribution < -0.4 is 5.32 Å². The molecule has 2 aromatic carbocycles. The maximum absolute atomic E-state index is 11.0. The first-order chi connectivity index (χ1) is 10.4. The van der Waals surface area contributed by atoms with Gasteiger partial charge in [-0.25, -0.2) is 4.98 Å². The van der Waals surface area contributed by atoms with Gasteiger partial charge in [0.05, 0.1) is 10.4 Å². The molecule has 0 atom stereocenters. The van der Waals surface area contributed by atoms with Crippen molar-refractivity contribution in [3.8, 4) is 0 Å². The molecule has 0 unspecified atom stereocenters. The van der Waals surface area contributed by atoms with E-state index in [1.165, 1.54) is 24.3 Å². The molecule has 0 amide bonds. The number of fused-ring (bicyclic) bond motifs is 1. The molecule has 0 saturated carbocycles. The van der Waals surface area contributed by atoms with Crippen molar-refractivity contribution < 1.29 is 13.0 Å². The van der Waals surface area contributed by atoms with Crippen molar-refractivity contribution in [1.82, 2.24) is 9.97 Å². The molecule has 0 saturated heterocycles. The van der Waals surface area contributed by atoms with Gasteiger partial charge in [-0.2, -0.15) is 13.4 Å². The largest absolute Gasteiger partial charge is 0.340 e. The van der Waals surface area contributed by atoms with Crippen molar-refractivity contribution in [1.29, 1.82) is 0 Å². The Kier molecular flexibility index (Phi) is 3.69. The zero-order valence-electron chi connectivity index (χ0n) is 11.1. The summed E-state index contributed by atoms with van der Waals surface area (Å²) in [5.74, 6) is 0.509. The van der Waals surface area contributed by atoms with Crippen molar-refractivity contribution in [3.63, 3.8) is 0 Å². The van der Waals surface area contributed by atoms with Gasteiger partial charge in [-0.05, 0) is 48.0 Å². The number of anilines is 2. The van der Waals surface area contributed by atoms with E-state index in [1.807, 2.05) is 24.3 Å². The molecule has 22 heavy (non-hydrogen) atoms. The third-order valence-electron chi connectivity index (χ3n) is 2.99. The molecule has 2 N–H and O–H groups in total. The standard InChI is InChI=1S/C14H10ClN3O3S/c15-14-17-12-4-2-1-3-11(12)13(18-14)16-9-5-7-10(8-6-9)22(19,20)21/h1-8H,(H,16,17,18)(H,19,20,21). The average Bonchev–Trinajstić information content (AvgIpc) is 2.46. The first kappa shape index (κ1) is 14.7. The van der Waals surface area contributed by atoms with E-state index in [9.17, 15) is 8.42 Å². The van der Waals surface area contributed by atoms with Crippen LogP contribution in [0.25, 0.3) is 10.9 Å². The Morgan fingerprint density at radius 3 is 2.36 bits per heavy atom. The zero-order chi connectivity index (χ0) is 15.7. The molecule has 112 valence electrons. The minimum Gasteiger partial charge on any atom is -0.340 e. The predicted octanol–water partition coefficient (Wildman–Crippen LogP) is 3.27. The van der Waals surface area contributed by atoms with E-state index in [1.54, 1.807) is 0 Å². The molecule has 0 fully saturated rings. The van der Waals surface area contributed by atoms with Gasteiger partial charge in [0.1, 0.15) is 5.82 Å². The van der Waals surface area contributed by atoms with E-state index in [0.717, 1.165) is 5.39 Å². The van der Waals surface area contributed by atoms with Crippen LogP contribution in [0.1, 0.15) is 0 Å². The molecule has 0 radical (unpaired) electrons. The van der Waals surface area contributed by atoms with Crippen molar-refractivity contribution in [2.24, 2.45) is 0 Å². The third kappa shape index (κ3) is 3.01. The fourth-order valence-corrected chi connectivity index (χ4v) is 2.65. The highest BCUT2D eigenvalue weighted by molar-refractivity contribution is 7.85. The van der Waals surface area contributed by atoms with Crippen LogP contribution in [0, 0.1) is 0 Å². The Labute approximate surface area is 131 Å². The molecule has 1 aromatic heterocycles. The van der Waals surface area contributed by atoms with Crippen LogP contribution in [-0.4, -0.2) is 22.9 Å². The van der Waals surface area contributed by atoms with E-state index in [-0.39, 0.29) is 10.2 Å². The summed E-state index contributed by atoms with van der Waals surface area (Å²) < 4.78 is 31.0. The quantitative estimate of drug-likeness (QED) is 0.563. The Bertz CT molecular complexity index is 943. The van der Waals surface area contributed by atoms with Gasteiger partial charge >= 0.3 is 0 Å². The maximum atomic E-state index is 11.0. The number of nitrogens with zero attached hydrogens (tertiary/aromatic N) is 2. The SMILES string of the molecule is O=S(=O)(O)c1ccc(Nc2nc(Cl)nc3ccccc23)cc1. The van der Waals surface area contributed by atoms with Gasteiger partial charge in [-0.1, -0.05) is 12.1 Å². The maximum Gasteiger partial charge on any atom is 0.294 e. The van der Waals surface area contributed by atoms with Gasteiger partial charge in [0.25, 0.3) is 10.1 Å². The Morgan fingerprint density at radius 2 is 1.68 bits per heavy atom. The predicted molar refractivity (Wildman–Crippen MR) is 84.1 cm³/mol. The van der Waals surface area contributed by atoms with Crippen molar-refractivity contribution in [2.75, 3.05) is 5.32 Å². The van der Waals surface area contributed by atoms with Crippen LogP contribution in [0.5, 0.6) is 0 Å². The summed E-state index contributed by atoms with van der Waals surface area (Å²) in [6.45, 7) is 0. The second kappa shape index (κ2) is 5.53. The van der Waals surface area contributed by atoms with Gasteiger partial charge in [-0.15, -0.1) is 0 Å². The van der Waals surface area contributed by atoms with Crippen LogP contribution in [-0.2, 0) is 10.1 Å². The van der Waals surface area contributed by atoms with Gasteiger partial charge < -0.3 is 5.32 Å². The van der Waals surface area contributed by atoms with Crippen LogP contribution in [0.4, 0.5) is 11.5 Å². The average molecular weight is 336 g/mol. The van der Waals surface area contributed by atoms with Crippen molar-refractivity contribution >= 4 is 44.1 Å². The van der Waals surface area contributed by atoms with Gasteiger partial charge in [0, 0.05) is 11.1 Å². The topological polar surface area (TPSA) is 92.2 Å². The van der Waals surface area contributed by atoms with Crippen molar-refractivity contribution in [2.45, 2.75) is 4.90 Å². The molecule has 3 aromatic rings. The molecule has 3 rings (SSSR count). The molecule has 8 heteroatoms. The van der Waals surface area contributed by atoms with Crippen molar-refractivity contribution in [3.05, 3.63) is 53.8 Å². The van der Waals surface area contributed by atoms with Crippen LogP contribution >= 0.6 is 11.6 Å². The summed E-state index contributed by atoms with van der Waals surface area (Å²) in [6.07, 6.45) is 0. The Morgan fingerprint density at radius 1 is 1.00 bits per heavy atom. The van der Waals surface area contributed by atoms with E-state index >= 15 is 0 Å². The summed E-state index contributed by atoms with van der Waals surface area (Å²) in [6, 6.07) is 13.0. The monoisotopic (exact) mass is 335 g/mol. The Balaban J connectivity index is 2.00. The van der Waals surface area contributed by atoms with E-state index < -0.39 is 10.1 Å². The first-order valence-electron chi connectivity index (χ1n) is 6.20. The molecular formula is C14H10ClN3O3S. The number of halogens is 1. The number of para-hydroxylation sites is 1. The molecule has 0 bridgehead atoms. The van der Waals surface area contributed by atoms with Crippen LogP contribution in [0.2, 0.25) is 5.28 Å². The smallest absolute Gasteiger partial charge is 0.294 e. The minimum atomic E-state index is -4.21. The number of rotatable bonds is 3. The Hall–Kier alpha value is -2.22. The minimum absolute atomic E-state index is 0.107. The van der Waals surface area contributed by atoms with Gasteiger partial charge in [0.2, 0.25) is 5.28 Å². The highest BCUT2D eigenvalue weighted by Crippen LogP contribution is 2.25. The second-order valence-corrected chi connectivity index (χ2v) is 6.24. The lowest BCUT2D eigenvalue weighted by atomic mass is 10.2. The lowest BCUT2D eigenvalue weighted by Crippen LogP contribution is -2.00. The summed E-state index contributed by atoms with van der Waals surface area (Å²) in [4.78, 5) is 8.09. The lowest BCUT2D eigenvalue weighted by Gasteiger charge is -2.09. The molecule has 1 heterocycles. The summed E-state index contributed by atoms with van der Waals surface area (Å²) in [7, 11) is -4.21. The third-order valence-corrected chi connectivity index (χ3v) is 4.03. The number of aromatic nitrogens is 2. The zero-order valence-corrected chi connectivity index (χ0v) is 12.6. The summed E-state index contributed by atoms with van der Waals surface area (Å²) in [5.41, 5.74) is 1.30. The molecule has 0 spiro atoms. The van der Waals surface area contributed by atoms with E-state index in [0.29, 0.717) is 17.0 Å². The molecule has 0 aliphatic heterocycles. The van der Waals surface area contributed by atoms with Gasteiger partial charge in [0.15, 0.2) is 0 Å². The number of nitrogens with one attached hydrogen (secondary N) is 1.